The number of aromatic nitrogens is 6. The van der Waals surface area contributed by atoms with Crippen LogP contribution in [0.1, 0.15) is 71.5 Å². The normalized spacial score (nSPS) is 27.0. The van der Waals surface area contributed by atoms with E-state index >= 15 is 0 Å². The molecular weight excluding hydrogens is 520 g/mol. The molecule has 4 heterocycles. The fourth-order valence-corrected chi connectivity index (χ4v) is 6.35. The molecule has 4 atom stereocenters. The van der Waals surface area contributed by atoms with Gasteiger partial charge < -0.3 is 25.7 Å². The first kappa shape index (κ1) is 28.0. The number of aryl methyl sites for hydroxylation is 1. The molecule has 1 unspecified atom stereocenters. The summed E-state index contributed by atoms with van der Waals surface area (Å²) in [5.74, 6) is 1.95. The van der Waals surface area contributed by atoms with Crippen LogP contribution >= 0.6 is 0 Å². The lowest BCUT2D eigenvalue weighted by Gasteiger charge is -2.46. The van der Waals surface area contributed by atoms with Crippen molar-refractivity contribution in [2.75, 3.05) is 12.3 Å². The van der Waals surface area contributed by atoms with Gasteiger partial charge in [-0.3, -0.25) is 9.47 Å². The van der Waals surface area contributed by atoms with Gasteiger partial charge in [-0.1, -0.05) is 26.8 Å². The molecule has 2 aliphatic rings. The number of imidazole rings is 2. The van der Waals surface area contributed by atoms with Crippen molar-refractivity contribution < 1.29 is 14.9 Å². The number of nitrogens with zero attached hydrogens (tertiary/aromatic N) is 6. The number of hydrogen-bond acceptors (Lipinski definition) is 9. The number of rotatable bonds is 8. The summed E-state index contributed by atoms with van der Waals surface area (Å²) in [6.45, 7) is 11.6. The standard InChI is InChI=1S/C30H42N8O3/c1-16(2)37(13-22-25(39)26(40)29(41-22)38-15-34-24-27(31)32-14-33-28(24)38)19-10-17(11-19)6-9-23-35-20-8-7-18(30(3,4)5)12-21(20)36-23/h7-8,12,14-17,19,22,25-26,29,39-40H,6,9-11,13H2,1-5H3,(H,35,36)(H2,31,32,33)/t17?,19?,22?,25-,26-,29-/m1/s1. The lowest BCUT2D eigenvalue weighted by atomic mass is 9.76. The smallest absolute Gasteiger partial charge is 0.167 e. The zero-order valence-electron chi connectivity index (χ0n) is 24.5. The van der Waals surface area contributed by atoms with E-state index in [1.807, 2.05) is 0 Å². The lowest BCUT2D eigenvalue weighted by molar-refractivity contribution is -0.0620. The van der Waals surface area contributed by atoms with Crippen LogP contribution in [0.5, 0.6) is 0 Å². The summed E-state index contributed by atoms with van der Waals surface area (Å²) in [5, 5.41) is 21.8. The maximum absolute atomic E-state index is 10.9. The highest BCUT2D eigenvalue weighted by Gasteiger charge is 2.46. The first-order valence-electron chi connectivity index (χ1n) is 14.7. The number of aliphatic hydroxyl groups excluding tert-OH is 2. The Morgan fingerprint density at radius 2 is 1.93 bits per heavy atom. The van der Waals surface area contributed by atoms with E-state index in [1.54, 1.807) is 4.57 Å². The average molecular weight is 563 g/mol. The van der Waals surface area contributed by atoms with Crippen molar-refractivity contribution in [3.8, 4) is 0 Å². The molecular formula is C30H42N8O3. The van der Waals surface area contributed by atoms with Gasteiger partial charge in [0.2, 0.25) is 0 Å². The van der Waals surface area contributed by atoms with Crippen LogP contribution in [-0.4, -0.2) is 81.5 Å². The monoisotopic (exact) mass is 562 g/mol. The second-order valence-corrected chi connectivity index (χ2v) is 13.1. The van der Waals surface area contributed by atoms with Gasteiger partial charge >= 0.3 is 0 Å². The maximum atomic E-state index is 10.9. The first-order valence-corrected chi connectivity index (χ1v) is 14.7. The predicted octanol–water partition coefficient (Wildman–Crippen LogP) is 3.32. The van der Waals surface area contributed by atoms with E-state index in [-0.39, 0.29) is 17.3 Å². The minimum Gasteiger partial charge on any atom is -0.387 e. The van der Waals surface area contributed by atoms with Crippen LogP contribution in [0.15, 0.2) is 30.9 Å². The van der Waals surface area contributed by atoms with Gasteiger partial charge in [0.1, 0.15) is 36.0 Å². The number of anilines is 1. The highest BCUT2D eigenvalue weighted by molar-refractivity contribution is 5.81. The Morgan fingerprint density at radius 3 is 2.66 bits per heavy atom. The number of H-pyrrole nitrogens is 1. The van der Waals surface area contributed by atoms with Crippen molar-refractivity contribution in [1.82, 2.24) is 34.4 Å². The molecule has 5 N–H and O–H groups in total. The Kier molecular flexibility index (Phi) is 7.25. The summed E-state index contributed by atoms with van der Waals surface area (Å²) in [6.07, 6.45) is 3.63. The summed E-state index contributed by atoms with van der Waals surface area (Å²) in [6, 6.07) is 7.23. The minimum absolute atomic E-state index is 0.104. The summed E-state index contributed by atoms with van der Waals surface area (Å²) in [5.41, 5.74) is 10.4. The molecule has 1 saturated heterocycles. The Balaban J connectivity index is 1.06. The fourth-order valence-electron chi connectivity index (χ4n) is 6.35. The average Bonchev–Trinajstić information content (AvgIpc) is 3.58. The van der Waals surface area contributed by atoms with E-state index in [1.165, 1.54) is 18.2 Å². The molecule has 1 aliphatic heterocycles. The molecule has 0 spiro atoms. The van der Waals surface area contributed by atoms with Crippen LogP contribution in [0.25, 0.3) is 22.2 Å². The molecule has 0 radical (unpaired) electrons. The van der Waals surface area contributed by atoms with Crippen molar-refractivity contribution in [2.24, 2.45) is 5.92 Å². The molecule has 0 amide bonds. The molecule has 11 nitrogen and oxygen atoms in total. The van der Waals surface area contributed by atoms with Crippen molar-refractivity contribution in [2.45, 2.75) is 102 Å². The number of ether oxygens (including phenoxy) is 1. The van der Waals surface area contributed by atoms with Gasteiger partial charge in [0, 0.05) is 25.0 Å². The highest BCUT2D eigenvalue weighted by Crippen LogP contribution is 2.38. The van der Waals surface area contributed by atoms with E-state index in [0.717, 1.165) is 42.5 Å². The third-order valence-electron chi connectivity index (χ3n) is 8.92. The largest absolute Gasteiger partial charge is 0.387 e. The summed E-state index contributed by atoms with van der Waals surface area (Å²) in [7, 11) is 0. The highest BCUT2D eigenvalue weighted by atomic mass is 16.6. The van der Waals surface area contributed by atoms with E-state index in [2.05, 4.69) is 77.7 Å². The van der Waals surface area contributed by atoms with Crippen LogP contribution in [0.4, 0.5) is 5.82 Å². The van der Waals surface area contributed by atoms with Gasteiger partial charge in [-0.05, 0) is 62.1 Å². The number of nitrogens with two attached hydrogens (primary N) is 1. The van der Waals surface area contributed by atoms with Crippen LogP contribution in [0.2, 0.25) is 0 Å². The van der Waals surface area contributed by atoms with E-state index in [0.29, 0.717) is 29.7 Å². The molecule has 1 aliphatic carbocycles. The van der Waals surface area contributed by atoms with Crippen molar-refractivity contribution in [3.63, 3.8) is 0 Å². The van der Waals surface area contributed by atoms with Crippen LogP contribution < -0.4 is 5.73 Å². The summed E-state index contributed by atoms with van der Waals surface area (Å²) in [4.78, 5) is 23.3. The van der Waals surface area contributed by atoms with Gasteiger partial charge in [0.05, 0.1) is 17.4 Å². The molecule has 3 aromatic heterocycles. The molecule has 220 valence electrons. The van der Waals surface area contributed by atoms with Gasteiger partial charge in [-0.15, -0.1) is 0 Å². The number of fused-ring (bicyclic) bond motifs is 2. The fraction of sp³-hybridized carbons (Fsp3) is 0.600. The molecule has 1 aromatic carbocycles. The second kappa shape index (κ2) is 10.6. The minimum atomic E-state index is -1.11. The molecule has 41 heavy (non-hydrogen) atoms. The first-order chi connectivity index (χ1) is 19.5. The Bertz CT molecular complexity index is 1520. The number of benzene rings is 1. The van der Waals surface area contributed by atoms with E-state index < -0.39 is 24.5 Å². The number of nitrogen functional groups attached to an aromatic ring is 1. The summed E-state index contributed by atoms with van der Waals surface area (Å²) < 4.78 is 7.86. The van der Waals surface area contributed by atoms with Crippen molar-refractivity contribution in [1.29, 1.82) is 0 Å². The lowest BCUT2D eigenvalue weighted by Crippen LogP contribution is -2.52. The van der Waals surface area contributed by atoms with Crippen LogP contribution in [-0.2, 0) is 16.6 Å². The van der Waals surface area contributed by atoms with Crippen molar-refractivity contribution >= 4 is 28.0 Å². The van der Waals surface area contributed by atoms with Gasteiger partial charge in [-0.2, -0.15) is 0 Å². The predicted molar refractivity (Wildman–Crippen MR) is 157 cm³/mol. The zero-order valence-corrected chi connectivity index (χ0v) is 24.5. The zero-order chi connectivity index (χ0) is 29.1. The maximum Gasteiger partial charge on any atom is 0.167 e. The molecule has 11 heteroatoms. The number of nitrogens with one attached hydrogen (secondary N) is 1. The molecule has 1 saturated carbocycles. The number of aliphatic hydroxyl groups is 2. The molecule has 2 fully saturated rings. The quantitative estimate of drug-likeness (QED) is 0.253. The summed E-state index contributed by atoms with van der Waals surface area (Å²) >= 11 is 0. The van der Waals surface area contributed by atoms with Crippen LogP contribution in [0, 0.1) is 5.92 Å². The third kappa shape index (κ3) is 5.31. The topological polar surface area (TPSA) is 151 Å². The molecule has 4 aromatic rings. The van der Waals surface area contributed by atoms with Crippen molar-refractivity contribution in [3.05, 3.63) is 42.2 Å². The van der Waals surface area contributed by atoms with Gasteiger partial charge in [0.15, 0.2) is 17.7 Å². The number of hydrogen-bond donors (Lipinski definition) is 4. The SMILES string of the molecule is CC(C)N(CC1O[C@@H](n2cnc3c(N)ncnc32)[C@H](O)[C@@H]1O)C1CC(CCc2nc3cc(C(C)(C)C)ccc3[nH]2)C1. The third-order valence-corrected chi connectivity index (χ3v) is 8.92. The van der Waals surface area contributed by atoms with Crippen LogP contribution in [0.3, 0.4) is 0 Å². The molecule has 6 rings (SSSR count). The van der Waals surface area contributed by atoms with E-state index in [4.69, 9.17) is 15.5 Å². The number of aromatic amines is 1. The van der Waals surface area contributed by atoms with Gasteiger partial charge in [0.25, 0.3) is 0 Å². The Morgan fingerprint density at radius 1 is 1.15 bits per heavy atom. The van der Waals surface area contributed by atoms with Gasteiger partial charge in [-0.25, -0.2) is 19.9 Å². The Labute approximate surface area is 240 Å². The Hall–Kier alpha value is -3.12. The molecule has 0 bridgehead atoms. The van der Waals surface area contributed by atoms with E-state index in [9.17, 15) is 10.2 Å². The second-order valence-electron chi connectivity index (χ2n) is 13.1.